The monoisotopic (exact) mass is 200 g/mol. The van der Waals surface area contributed by atoms with Gasteiger partial charge in [-0.1, -0.05) is 0 Å². The first-order valence-corrected chi connectivity index (χ1v) is 3.80. The number of aliphatic carboxylic acids is 1. The Kier molecular flexibility index (Phi) is 3.10. The Bertz CT molecular complexity index is 347. The van der Waals surface area contributed by atoms with Crippen molar-refractivity contribution in [2.45, 2.75) is 13.5 Å². The number of carbonyl (C=O) groups excluding carboxylic acids is 1. The van der Waals surface area contributed by atoms with Crippen molar-refractivity contribution in [1.82, 2.24) is 20.2 Å². The van der Waals surface area contributed by atoms with E-state index in [1.54, 1.807) is 6.92 Å². The van der Waals surface area contributed by atoms with E-state index in [4.69, 9.17) is 5.11 Å². The number of rotatable bonds is 4. The molecule has 76 valence electrons. The van der Waals surface area contributed by atoms with Crippen LogP contribution in [0.2, 0.25) is 0 Å². The number of tetrazole rings is 1. The summed E-state index contributed by atoms with van der Waals surface area (Å²) in [7, 11) is 0. The van der Waals surface area contributed by atoms with Gasteiger partial charge in [0, 0.05) is 0 Å². The van der Waals surface area contributed by atoms with E-state index in [1.165, 1.54) is 0 Å². The molecule has 0 fully saturated rings. The summed E-state index contributed by atoms with van der Waals surface area (Å²) in [6.07, 6.45) is 0. The van der Waals surface area contributed by atoms with Gasteiger partial charge in [0.1, 0.15) is 6.54 Å². The van der Waals surface area contributed by atoms with Gasteiger partial charge >= 0.3 is 11.9 Å². The van der Waals surface area contributed by atoms with Crippen LogP contribution in [0.4, 0.5) is 0 Å². The number of esters is 1. The molecule has 1 N–H and O–H groups in total. The van der Waals surface area contributed by atoms with Gasteiger partial charge in [-0.3, -0.25) is 4.79 Å². The summed E-state index contributed by atoms with van der Waals surface area (Å²) in [5.74, 6) is -2.09. The van der Waals surface area contributed by atoms with Crippen LogP contribution in [0.3, 0.4) is 0 Å². The number of hydrogen-bond acceptors (Lipinski definition) is 6. The third kappa shape index (κ3) is 2.25. The van der Waals surface area contributed by atoms with Crippen molar-refractivity contribution in [3.63, 3.8) is 0 Å². The topological polar surface area (TPSA) is 107 Å². The fraction of sp³-hybridized carbons (Fsp3) is 0.500. The Morgan fingerprint density at radius 2 is 2.29 bits per heavy atom. The highest BCUT2D eigenvalue weighted by Crippen LogP contribution is 1.95. The van der Waals surface area contributed by atoms with Gasteiger partial charge in [0.05, 0.1) is 6.61 Å². The van der Waals surface area contributed by atoms with Gasteiger partial charge in [-0.25, -0.2) is 9.48 Å². The van der Waals surface area contributed by atoms with Crippen LogP contribution in [0.25, 0.3) is 0 Å². The first kappa shape index (κ1) is 10.1. The van der Waals surface area contributed by atoms with Crippen LogP contribution in [0, 0.1) is 0 Å². The SMILES string of the molecule is CCOC(=O)c1nnnn1CC(=O)O. The molecule has 0 amide bonds. The second-order valence-corrected chi connectivity index (χ2v) is 2.27. The molecule has 0 saturated carbocycles. The predicted octanol–water partition coefficient (Wildman–Crippen LogP) is -1.07. The van der Waals surface area contributed by atoms with Crippen molar-refractivity contribution in [1.29, 1.82) is 0 Å². The van der Waals surface area contributed by atoms with Crippen LogP contribution in [0.1, 0.15) is 17.5 Å². The molecule has 1 rings (SSSR count). The Balaban J connectivity index is 2.81. The molecule has 0 spiro atoms. The lowest BCUT2D eigenvalue weighted by Crippen LogP contribution is -2.18. The van der Waals surface area contributed by atoms with Gasteiger partial charge in [-0.15, -0.1) is 5.10 Å². The smallest absolute Gasteiger partial charge is 0.378 e. The molecule has 1 heterocycles. The average Bonchev–Trinajstić information content (AvgIpc) is 2.51. The molecule has 1 aromatic heterocycles. The number of carboxylic acid groups (broad SMARTS) is 1. The number of nitrogens with zero attached hydrogens (tertiary/aromatic N) is 4. The van der Waals surface area contributed by atoms with Gasteiger partial charge in [-0.05, 0) is 17.4 Å². The van der Waals surface area contributed by atoms with E-state index < -0.39 is 18.5 Å². The number of ether oxygens (including phenoxy) is 1. The van der Waals surface area contributed by atoms with Crippen molar-refractivity contribution in [3.05, 3.63) is 5.82 Å². The normalized spacial score (nSPS) is 9.79. The molecule has 0 aliphatic carbocycles. The number of carboxylic acids is 1. The highest BCUT2D eigenvalue weighted by Gasteiger charge is 2.17. The van der Waals surface area contributed by atoms with Gasteiger partial charge in [0.15, 0.2) is 0 Å². The van der Waals surface area contributed by atoms with Crippen LogP contribution in [-0.2, 0) is 16.1 Å². The van der Waals surface area contributed by atoms with Crippen LogP contribution in [0.5, 0.6) is 0 Å². The molecule has 14 heavy (non-hydrogen) atoms. The van der Waals surface area contributed by atoms with E-state index >= 15 is 0 Å². The zero-order valence-corrected chi connectivity index (χ0v) is 7.38. The van der Waals surface area contributed by atoms with Crippen LogP contribution in [0.15, 0.2) is 0 Å². The van der Waals surface area contributed by atoms with Crippen LogP contribution >= 0.6 is 0 Å². The molecule has 0 aliphatic rings. The number of carbonyl (C=O) groups is 2. The third-order valence-corrected chi connectivity index (χ3v) is 1.27. The Labute approximate surface area is 78.5 Å². The predicted molar refractivity (Wildman–Crippen MR) is 41.4 cm³/mol. The van der Waals surface area contributed by atoms with Gasteiger partial charge in [0.2, 0.25) is 0 Å². The summed E-state index contributed by atoms with van der Waals surface area (Å²) >= 11 is 0. The summed E-state index contributed by atoms with van der Waals surface area (Å²) in [6, 6.07) is 0. The molecular formula is C6H8N4O4. The first-order valence-electron chi connectivity index (χ1n) is 3.80. The first-order chi connectivity index (χ1) is 6.65. The second-order valence-electron chi connectivity index (χ2n) is 2.27. The van der Waals surface area contributed by atoms with Crippen molar-refractivity contribution in [2.24, 2.45) is 0 Å². The maximum atomic E-state index is 11.1. The molecule has 0 radical (unpaired) electrons. The standard InChI is InChI=1S/C6H8N4O4/c1-2-14-6(13)5-7-8-9-10(5)3-4(11)12/h2-3H2,1H3,(H,11,12). The lowest BCUT2D eigenvalue weighted by Gasteiger charge is -2.00. The van der Waals surface area contributed by atoms with Gasteiger partial charge in [-0.2, -0.15) is 0 Å². The molecule has 0 aromatic carbocycles. The Morgan fingerprint density at radius 3 is 2.86 bits per heavy atom. The molecule has 8 nitrogen and oxygen atoms in total. The zero-order valence-electron chi connectivity index (χ0n) is 7.38. The lowest BCUT2D eigenvalue weighted by molar-refractivity contribution is -0.137. The quantitative estimate of drug-likeness (QED) is 0.616. The summed E-state index contributed by atoms with van der Waals surface area (Å²) in [5, 5.41) is 18.3. The molecule has 0 saturated heterocycles. The van der Waals surface area contributed by atoms with Crippen molar-refractivity contribution in [2.75, 3.05) is 6.61 Å². The molecule has 0 bridgehead atoms. The van der Waals surface area contributed by atoms with E-state index in [-0.39, 0.29) is 12.4 Å². The van der Waals surface area contributed by atoms with Crippen LogP contribution < -0.4 is 0 Å². The summed E-state index contributed by atoms with van der Waals surface area (Å²) in [4.78, 5) is 21.5. The second kappa shape index (κ2) is 4.30. The fourth-order valence-corrected chi connectivity index (χ4v) is 0.781. The molecule has 0 unspecified atom stereocenters. The minimum Gasteiger partial charge on any atom is -0.480 e. The fourth-order valence-electron chi connectivity index (χ4n) is 0.781. The van der Waals surface area contributed by atoms with Crippen molar-refractivity contribution in [3.8, 4) is 0 Å². The average molecular weight is 200 g/mol. The van der Waals surface area contributed by atoms with Crippen molar-refractivity contribution >= 4 is 11.9 Å². The Hall–Kier alpha value is -1.99. The summed E-state index contributed by atoms with van der Waals surface area (Å²) in [5.41, 5.74) is 0. The van der Waals surface area contributed by atoms with Crippen LogP contribution in [-0.4, -0.2) is 43.9 Å². The minimum absolute atomic E-state index is 0.179. The largest absolute Gasteiger partial charge is 0.480 e. The van der Waals surface area contributed by atoms with Gasteiger partial charge in [0.25, 0.3) is 5.82 Å². The van der Waals surface area contributed by atoms with Gasteiger partial charge < -0.3 is 9.84 Å². The molecule has 0 aliphatic heterocycles. The van der Waals surface area contributed by atoms with E-state index in [2.05, 4.69) is 20.3 Å². The van der Waals surface area contributed by atoms with E-state index in [0.29, 0.717) is 0 Å². The summed E-state index contributed by atoms with van der Waals surface area (Å²) in [6.45, 7) is 1.34. The lowest BCUT2D eigenvalue weighted by atomic mass is 10.5. The maximum absolute atomic E-state index is 11.1. The molecular weight excluding hydrogens is 192 g/mol. The molecule has 0 atom stereocenters. The number of aromatic nitrogens is 4. The minimum atomic E-state index is -1.14. The third-order valence-electron chi connectivity index (χ3n) is 1.27. The number of hydrogen-bond donors (Lipinski definition) is 1. The summed E-state index contributed by atoms with van der Waals surface area (Å²) < 4.78 is 5.47. The van der Waals surface area contributed by atoms with Crippen molar-refractivity contribution < 1.29 is 19.4 Å². The highest BCUT2D eigenvalue weighted by atomic mass is 16.5. The molecule has 8 heteroatoms. The zero-order chi connectivity index (χ0) is 10.6. The van der Waals surface area contributed by atoms with E-state index in [0.717, 1.165) is 4.68 Å². The highest BCUT2D eigenvalue weighted by molar-refractivity contribution is 5.85. The van der Waals surface area contributed by atoms with E-state index in [1.807, 2.05) is 0 Å². The molecule has 1 aromatic rings. The maximum Gasteiger partial charge on any atom is 0.378 e. The Morgan fingerprint density at radius 1 is 1.57 bits per heavy atom. The van der Waals surface area contributed by atoms with E-state index in [9.17, 15) is 9.59 Å².